The Labute approximate surface area is 56.8 Å². The first-order valence-electron chi connectivity index (χ1n) is 3.01. The molecule has 2 heteroatoms. The zero-order valence-electron chi connectivity index (χ0n) is 5.66. The van der Waals surface area contributed by atoms with Gasteiger partial charge in [-0.1, -0.05) is 6.07 Å². The average Bonchev–Trinajstić information content (AvgIpc) is 2.15. The van der Waals surface area contributed by atoms with E-state index in [0.717, 1.165) is 0 Å². The molecule has 0 amide bonds. The van der Waals surface area contributed by atoms with Crippen molar-refractivity contribution in [1.29, 1.82) is 0 Å². The minimum absolute atomic E-state index is 0.319. The molecule has 1 atom stereocenters. The van der Waals surface area contributed by atoms with Gasteiger partial charge in [0.15, 0.2) is 0 Å². The fourth-order valence-electron chi connectivity index (χ4n) is 0.573. The first-order valence-corrected chi connectivity index (χ1v) is 4.34. The lowest BCUT2D eigenvalue weighted by Crippen LogP contribution is -2.01. The predicted molar refractivity (Wildman–Crippen MR) is 39.7 cm³/mol. The lowest BCUT2D eigenvalue weighted by molar-refractivity contribution is 0.339. The third-order valence-corrected chi connectivity index (χ3v) is 2.34. The topological polar surface area (TPSA) is 9.23 Å². The molecule has 49 valence electrons. The summed E-state index contributed by atoms with van der Waals surface area (Å²) in [6.45, 7) is 4.08. The molecule has 1 aromatic rings. The summed E-state index contributed by atoms with van der Waals surface area (Å²) in [5.41, 5.74) is 0. The average molecular weight is 141 g/mol. The summed E-state index contributed by atoms with van der Waals surface area (Å²) in [4.78, 5) is 0. The largest absolute Gasteiger partial charge is 0.329 e. The maximum atomic E-state index is 5.45. The third-order valence-electron chi connectivity index (χ3n) is 0.844. The molecule has 0 saturated heterocycles. The molecule has 1 unspecified atom stereocenters. The van der Waals surface area contributed by atoms with Gasteiger partial charge < -0.3 is 4.52 Å². The quantitative estimate of drug-likeness (QED) is 0.614. The normalized spacial score (nSPS) is 10.6. The third kappa shape index (κ3) is 2.21. The van der Waals surface area contributed by atoms with Crippen LogP contribution in [0.4, 0.5) is 0 Å². The van der Waals surface area contributed by atoms with Crippen molar-refractivity contribution >= 4 is 7.76 Å². The Hall–Kier alpha value is -0.260. The Morgan fingerprint density at radius 2 is 2.33 bits per heavy atom. The second-order valence-corrected chi connectivity index (χ2v) is 3.54. The van der Waals surface area contributed by atoms with Crippen LogP contribution in [0.1, 0.15) is 13.8 Å². The van der Waals surface area contributed by atoms with Gasteiger partial charge in [0.2, 0.25) is 0 Å². The monoisotopic (exact) mass is 141 g/mol. The number of rotatable bonds is 2. The van der Waals surface area contributed by atoms with E-state index < -0.39 is 7.76 Å². The van der Waals surface area contributed by atoms with Crippen molar-refractivity contribution in [3.63, 3.8) is 0 Å². The van der Waals surface area contributed by atoms with Crippen molar-refractivity contribution in [2.24, 2.45) is 0 Å². The van der Waals surface area contributed by atoms with Gasteiger partial charge in [0.25, 0.3) is 0 Å². The molecule has 0 aliphatic heterocycles. The first kappa shape index (κ1) is 6.85. The van der Waals surface area contributed by atoms with E-state index in [1.165, 1.54) is 0 Å². The van der Waals surface area contributed by atoms with Crippen LogP contribution in [0.15, 0.2) is 17.9 Å². The first-order chi connectivity index (χ1) is 4.29. The van der Waals surface area contributed by atoms with Crippen LogP contribution in [0.5, 0.6) is 0 Å². The van der Waals surface area contributed by atoms with Crippen molar-refractivity contribution in [2.45, 2.75) is 20.0 Å². The molecule has 0 fully saturated rings. The summed E-state index contributed by atoms with van der Waals surface area (Å²) < 4.78 is 5.45. The smallest absolute Gasteiger partial charge is 0.0622 e. The second-order valence-electron chi connectivity index (χ2n) is 2.12. The van der Waals surface area contributed by atoms with E-state index in [1.54, 1.807) is 0 Å². The molecular weight excluding hydrogens is 131 g/mol. The van der Waals surface area contributed by atoms with E-state index >= 15 is 0 Å². The molecular formula is C7H10OP. The molecule has 0 bridgehead atoms. The highest BCUT2D eigenvalue weighted by Crippen LogP contribution is 2.23. The highest BCUT2D eigenvalue weighted by molar-refractivity contribution is 7.43. The maximum Gasteiger partial charge on any atom is 0.0622 e. The van der Waals surface area contributed by atoms with Gasteiger partial charge in [-0.15, -0.1) is 0 Å². The molecule has 1 rings (SSSR count). The maximum absolute atomic E-state index is 5.45. The van der Waals surface area contributed by atoms with Gasteiger partial charge in [-0.3, -0.25) is 0 Å². The Kier molecular flexibility index (Phi) is 2.32. The van der Waals surface area contributed by atoms with E-state index in [9.17, 15) is 0 Å². The summed E-state index contributed by atoms with van der Waals surface area (Å²) in [6, 6.07) is 3.89. The lowest BCUT2D eigenvalue weighted by Gasteiger charge is -2.02. The van der Waals surface area contributed by atoms with E-state index in [-0.39, 0.29) is 0 Å². The molecule has 0 spiro atoms. The van der Waals surface area contributed by atoms with Gasteiger partial charge in [0, 0.05) is 13.6 Å². The zero-order chi connectivity index (χ0) is 6.69. The summed E-state index contributed by atoms with van der Waals surface area (Å²) >= 11 is 0. The van der Waals surface area contributed by atoms with Gasteiger partial charge >= 0.3 is 0 Å². The van der Waals surface area contributed by atoms with Crippen LogP contribution < -0.4 is 4.52 Å². The van der Waals surface area contributed by atoms with E-state index in [0.29, 0.717) is 6.10 Å². The Bertz CT molecular complexity index is 155. The van der Waals surface area contributed by atoms with Gasteiger partial charge in [-0.25, -0.2) is 0 Å². The Morgan fingerprint density at radius 3 is 2.78 bits per heavy atom. The van der Waals surface area contributed by atoms with Crippen molar-refractivity contribution in [3.05, 3.63) is 23.7 Å². The van der Waals surface area contributed by atoms with Crippen molar-refractivity contribution in [3.8, 4) is 0 Å². The second kappa shape index (κ2) is 3.05. The summed E-state index contributed by atoms with van der Waals surface area (Å²) in [5.74, 6) is 5.15. The van der Waals surface area contributed by atoms with Crippen LogP contribution in [0.2, 0.25) is 0 Å². The lowest BCUT2D eigenvalue weighted by atomic mass is 10.5. The molecule has 0 aromatic carbocycles. The summed E-state index contributed by atoms with van der Waals surface area (Å²) in [6.07, 6.45) is 0.319. The molecule has 9 heavy (non-hydrogen) atoms. The fourth-order valence-corrected chi connectivity index (χ4v) is 1.72. The predicted octanol–water partition coefficient (Wildman–Crippen LogP) is 2.31. The Balaban J connectivity index is 2.48. The van der Waals surface area contributed by atoms with E-state index in [4.69, 9.17) is 4.52 Å². The van der Waals surface area contributed by atoms with Crippen molar-refractivity contribution in [2.75, 3.05) is 0 Å². The highest BCUT2D eigenvalue weighted by atomic mass is 31.1. The van der Waals surface area contributed by atoms with Crippen LogP contribution in [0.3, 0.4) is 0 Å². The fraction of sp³-hybridized carbons (Fsp3) is 0.429. The number of hydrogen-bond acceptors (Lipinski definition) is 1. The van der Waals surface area contributed by atoms with Crippen LogP contribution in [0.25, 0.3) is 0 Å². The molecule has 0 N–H and O–H groups in total. The molecule has 1 nitrogen and oxygen atoms in total. The van der Waals surface area contributed by atoms with Crippen molar-refractivity contribution in [1.82, 2.24) is 0 Å². The van der Waals surface area contributed by atoms with E-state index in [2.05, 4.69) is 11.6 Å². The van der Waals surface area contributed by atoms with Crippen LogP contribution >= 0.6 is 7.76 Å². The summed E-state index contributed by atoms with van der Waals surface area (Å²) in [5, 5.41) is 0. The summed E-state index contributed by atoms with van der Waals surface area (Å²) in [7, 11) is -0.471. The highest BCUT2D eigenvalue weighted by Gasteiger charge is 1.93. The molecule has 1 radical (unpaired) electrons. The van der Waals surface area contributed by atoms with Crippen LogP contribution in [0, 0.1) is 5.80 Å². The minimum atomic E-state index is -0.471. The molecule has 0 saturated carbocycles. The number of hydrogen-bond donors (Lipinski definition) is 0. The standard InChI is InChI=1S/C7H10OP/c1-7(2)8-9-5-3-4-6-9/h3-5,7H,1-2H3. The molecule has 1 heterocycles. The van der Waals surface area contributed by atoms with Gasteiger partial charge in [0.1, 0.15) is 0 Å². The minimum Gasteiger partial charge on any atom is -0.329 e. The molecule has 0 aliphatic carbocycles. The van der Waals surface area contributed by atoms with Gasteiger partial charge in [0.05, 0.1) is 6.10 Å². The van der Waals surface area contributed by atoms with Crippen LogP contribution in [-0.4, -0.2) is 6.10 Å². The van der Waals surface area contributed by atoms with E-state index in [1.807, 2.05) is 26.0 Å². The molecule has 1 aromatic heterocycles. The Morgan fingerprint density at radius 1 is 1.56 bits per heavy atom. The SMILES string of the molecule is CC(C)Op1[c]ccc1. The van der Waals surface area contributed by atoms with Crippen molar-refractivity contribution < 1.29 is 4.52 Å². The van der Waals surface area contributed by atoms with Crippen LogP contribution in [-0.2, 0) is 0 Å². The zero-order valence-corrected chi connectivity index (χ0v) is 6.56. The van der Waals surface area contributed by atoms with Gasteiger partial charge in [-0.05, 0) is 25.7 Å². The molecule has 0 aliphatic rings. The van der Waals surface area contributed by atoms with Gasteiger partial charge in [-0.2, -0.15) is 0 Å².